The normalized spacial score (nSPS) is 16.6. The van der Waals surface area contributed by atoms with Crippen LogP contribution in [0, 0.1) is 11.8 Å². The number of H-pyrrole nitrogens is 1. The summed E-state index contributed by atoms with van der Waals surface area (Å²) >= 11 is 0. The third kappa shape index (κ3) is 10.6. The number of anilines is 1. The van der Waals surface area contributed by atoms with Crippen molar-refractivity contribution < 1.29 is 42.2 Å². The number of hydrogen-bond donors (Lipinski definition) is 5. The highest BCUT2D eigenvalue weighted by Crippen LogP contribution is 2.36. The molecule has 1 aliphatic rings. The maximum atomic E-state index is 13.8. The predicted molar refractivity (Wildman–Crippen MR) is 185 cm³/mol. The lowest BCUT2D eigenvalue weighted by Crippen LogP contribution is -2.48. The molecule has 1 aliphatic carbocycles. The second-order valence-electron chi connectivity index (χ2n) is 13.8. The number of halogens is 3. The van der Waals surface area contributed by atoms with Gasteiger partial charge in [0, 0.05) is 35.7 Å². The number of rotatable bonds is 11. The van der Waals surface area contributed by atoms with Gasteiger partial charge in [0.05, 0.1) is 0 Å². The number of amides is 3. The van der Waals surface area contributed by atoms with E-state index in [-0.39, 0.29) is 35.3 Å². The molecule has 2 aromatic heterocycles. The van der Waals surface area contributed by atoms with Crippen LogP contribution in [0.5, 0.6) is 0 Å². The van der Waals surface area contributed by atoms with Crippen LogP contribution in [-0.4, -0.2) is 72.8 Å². The minimum atomic E-state index is -4.91. The number of aromatic amines is 1. The second-order valence-corrected chi connectivity index (χ2v) is 13.8. The Kier molecular flexibility index (Phi) is 11.7. The van der Waals surface area contributed by atoms with Gasteiger partial charge in [0.25, 0.3) is 0 Å². The van der Waals surface area contributed by atoms with Crippen molar-refractivity contribution in [1.29, 1.82) is 0 Å². The third-order valence-corrected chi connectivity index (χ3v) is 8.63. The molecule has 3 amide bonds. The van der Waals surface area contributed by atoms with Gasteiger partial charge < -0.3 is 25.8 Å². The molecule has 0 saturated heterocycles. The fourth-order valence-electron chi connectivity index (χ4n) is 5.97. The van der Waals surface area contributed by atoms with Crippen molar-refractivity contribution in [1.82, 2.24) is 36.2 Å². The SMILES string of the molecule is CC(C)(C)OC(=O)NC[C@H]1CC[C@H](C(=O)N[C@@H](Cc2ccc(-c3ccc(C(=O)O)nc3C(F)(F)F)cc2)C(=O)Nc2ccc(-c3nn[nH]n3)cc2)CC1. The highest BCUT2D eigenvalue weighted by atomic mass is 19.4. The molecule has 17 heteroatoms. The molecule has 14 nitrogen and oxygen atoms in total. The lowest BCUT2D eigenvalue weighted by Gasteiger charge is -2.29. The lowest BCUT2D eigenvalue weighted by molar-refractivity contribution is -0.140. The van der Waals surface area contributed by atoms with Crippen LogP contribution < -0.4 is 16.0 Å². The lowest BCUT2D eigenvalue weighted by atomic mass is 9.81. The van der Waals surface area contributed by atoms with Gasteiger partial charge in [0.15, 0.2) is 5.69 Å². The van der Waals surface area contributed by atoms with E-state index >= 15 is 0 Å². The van der Waals surface area contributed by atoms with Crippen LogP contribution in [0.3, 0.4) is 0 Å². The van der Waals surface area contributed by atoms with Crippen LogP contribution in [-0.2, 0) is 26.9 Å². The molecule has 2 aromatic carbocycles. The van der Waals surface area contributed by atoms with Crippen molar-refractivity contribution in [3.05, 3.63) is 77.6 Å². The zero-order valence-corrected chi connectivity index (χ0v) is 29.2. The Morgan fingerprint density at radius 2 is 1.58 bits per heavy atom. The van der Waals surface area contributed by atoms with Crippen molar-refractivity contribution in [2.24, 2.45) is 11.8 Å². The van der Waals surface area contributed by atoms with Crippen LogP contribution in [0.4, 0.5) is 23.7 Å². The number of pyridine rings is 1. The average Bonchev–Trinajstić information content (AvgIpc) is 3.65. The van der Waals surface area contributed by atoms with Crippen LogP contribution in [0.15, 0.2) is 60.7 Å². The Balaban J connectivity index is 1.29. The number of carbonyl (C=O) groups excluding carboxylic acids is 3. The van der Waals surface area contributed by atoms with E-state index in [0.29, 0.717) is 54.9 Å². The summed E-state index contributed by atoms with van der Waals surface area (Å²) in [5, 5.41) is 31.4. The van der Waals surface area contributed by atoms with Crippen molar-refractivity contribution in [2.75, 3.05) is 11.9 Å². The van der Waals surface area contributed by atoms with Gasteiger partial charge in [-0.3, -0.25) is 9.59 Å². The zero-order chi connectivity index (χ0) is 38.3. The first-order valence-electron chi connectivity index (χ1n) is 16.9. The third-order valence-electron chi connectivity index (χ3n) is 8.63. The molecular weight excluding hydrogens is 697 g/mol. The molecule has 5 N–H and O–H groups in total. The number of alkyl halides is 3. The first kappa shape index (κ1) is 38.4. The number of nitrogens with zero attached hydrogens (tertiary/aromatic N) is 4. The Hall–Kier alpha value is -5.87. The van der Waals surface area contributed by atoms with Crippen LogP contribution in [0.25, 0.3) is 22.5 Å². The average molecular weight is 737 g/mol. The fourth-order valence-corrected chi connectivity index (χ4v) is 5.97. The summed E-state index contributed by atoms with van der Waals surface area (Å²) in [4.78, 5) is 53.9. The molecule has 0 spiro atoms. The number of aromatic carboxylic acids is 1. The molecule has 0 aliphatic heterocycles. The molecule has 1 atom stereocenters. The van der Waals surface area contributed by atoms with Gasteiger partial charge in [-0.15, -0.1) is 10.2 Å². The number of tetrazole rings is 1. The summed E-state index contributed by atoms with van der Waals surface area (Å²) < 4.78 is 46.8. The number of hydrogen-bond acceptors (Lipinski definition) is 9. The maximum absolute atomic E-state index is 13.8. The van der Waals surface area contributed by atoms with E-state index in [1.54, 1.807) is 45.0 Å². The van der Waals surface area contributed by atoms with Gasteiger partial charge in [0.1, 0.15) is 17.3 Å². The molecule has 53 heavy (non-hydrogen) atoms. The van der Waals surface area contributed by atoms with E-state index in [1.807, 2.05) is 0 Å². The molecule has 4 aromatic rings. The number of carboxylic acid groups (broad SMARTS) is 1. The first-order chi connectivity index (χ1) is 25.1. The summed E-state index contributed by atoms with van der Waals surface area (Å²) in [5.41, 5.74) is -1.23. The molecule has 0 radical (unpaired) electrons. The Morgan fingerprint density at radius 1 is 0.925 bits per heavy atom. The van der Waals surface area contributed by atoms with Crippen molar-refractivity contribution in [3.63, 3.8) is 0 Å². The summed E-state index contributed by atoms with van der Waals surface area (Å²) in [6, 6.07) is 13.6. The largest absolute Gasteiger partial charge is 0.477 e. The van der Waals surface area contributed by atoms with Gasteiger partial charge >= 0.3 is 18.2 Å². The van der Waals surface area contributed by atoms with Gasteiger partial charge in [-0.05, 0) is 105 Å². The number of carbonyl (C=O) groups is 4. The predicted octanol–water partition coefficient (Wildman–Crippen LogP) is 5.64. The van der Waals surface area contributed by atoms with E-state index in [9.17, 15) is 32.3 Å². The molecule has 0 bridgehead atoms. The smallest absolute Gasteiger partial charge is 0.433 e. The first-order valence-corrected chi connectivity index (χ1v) is 16.9. The number of nitrogens with one attached hydrogen (secondary N) is 4. The molecule has 2 heterocycles. The van der Waals surface area contributed by atoms with Gasteiger partial charge in [0.2, 0.25) is 17.6 Å². The van der Waals surface area contributed by atoms with Gasteiger partial charge in [-0.2, -0.15) is 18.4 Å². The maximum Gasteiger partial charge on any atom is 0.433 e. The molecule has 0 unspecified atom stereocenters. The number of benzene rings is 2. The van der Waals surface area contributed by atoms with Gasteiger partial charge in [-0.25, -0.2) is 14.6 Å². The minimum Gasteiger partial charge on any atom is -0.477 e. The van der Waals surface area contributed by atoms with E-state index in [1.165, 1.54) is 24.3 Å². The van der Waals surface area contributed by atoms with Crippen molar-refractivity contribution in [2.45, 2.75) is 70.7 Å². The van der Waals surface area contributed by atoms with Crippen LogP contribution in [0.1, 0.15) is 68.2 Å². The van der Waals surface area contributed by atoms with Crippen molar-refractivity contribution in [3.8, 4) is 22.5 Å². The number of carboxylic acids is 1. The van der Waals surface area contributed by atoms with Gasteiger partial charge in [-0.1, -0.05) is 24.3 Å². The fraction of sp³-hybridized carbons (Fsp3) is 0.389. The second kappa shape index (κ2) is 16.2. The van der Waals surface area contributed by atoms with E-state index in [0.717, 1.165) is 12.1 Å². The van der Waals surface area contributed by atoms with Crippen molar-refractivity contribution >= 4 is 29.6 Å². The number of alkyl carbamates (subject to hydrolysis) is 1. The quantitative estimate of drug-likeness (QED) is 0.128. The Morgan fingerprint density at radius 3 is 2.17 bits per heavy atom. The highest BCUT2D eigenvalue weighted by Gasteiger charge is 2.37. The number of aromatic nitrogens is 5. The molecule has 1 saturated carbocycles. The molecular formula is C36H39F3N8O6. The van der Waals surface area contributed by atoms with Crippen LogP contribution in [0.2, 0.25) is 0 Å². The van der Waals surface area contributed by atoms with E-state index < -0.39 is 47.2 Å². The Bertz CT molecular complexity index is 1910. The number of ether oxygens (including phenoxy) is 1. The standard InChI is InChI=1S/C36H39F3N8O6/c1-35(2,3)53-34(52)40-19-21-6-10-24(11-7-21)31(48)43-28(32(49)41-25-14-12-23(13-15-25)30-44-46-47-45-30)18-20-4-8-22(9-5-20)26-16-17-27(33(50)51)42-29(26)36(37,38)39/h4-5,8-9,12-17,21,24,28H,6-7,10-11,18-19H2,1-3H3,(H,40,52)(H,41,49)(H,43,48)(H,50,51)(H,44,45,46,47)/t21-,24-,28-/m0/s1. The van der Waals surface area contributed by atoms with E-state index in [4.69, 9.17) is 9.84 Å². The highest BCUT2D eigenvalue weighted by molar-refractivity contribution is 5.98. The summed E-state index contributed by atoms with van der Waals surface area (Å²) in [5.74, 6) is -2.27. The minimum absolute atomic E-state index is 0.0102. The summed E-state index contributed by atoms with van der Waals surface area (Å²) in [6.45, 7) is 5.76. The van der Waals surface area contributed by atoms with Crippen LogP contribution >= 0.6 is 0 Å². The van der Waals surface area contributed by atoms with E-state index in [2.05, 4.69) is 41.6 Å². The monoisotopic (exact) mass is 736 g/mol. The topological polar surface area (TPSA) is 201 Å². The Labute approximate surface area is 302 Å². The molecule has 1 fully saturated rings. The summed E-state index contributed by atoms with van der Waals surface area (Å²) in [6.07, 6.45) is -2.95. The summed E-state index contributed by atoms with van der Waals surface area (Å²) in [7, 11) is 0. The zero-order valence-electron chi connectivity index (χ0n) is 29.2. The molecule has 5 rings (SSSR count). The molecule has 280 valence electrons.